The Morgan fingerprint density at radius 3 is 2.83 bits per heavy atom. The number of nitro groups is 1. The van der Waals surface area contributed by atoms with Crippen LogP contribution in [0.1, 0.15) is 6.42 Å². The van der Waals surface area contributed by atoms with Crippen molar-refractivity contribution in [3.63, 3.8) is 0 Å². The number of anilines is 1. The normalized spacial score (nSPS) is 10.5. The number of hydrogen-bond donors (Lipinski definition) is 2. The van der Waals surface area contributed by atoms with Crippen LogP contribution >= 0.6 is 0 Å². The first-order chi connectivity index (χ1) is 8.63. The van der Waals surface area contributed by atoms with Gasteiger partial charge < -0.3 is 11.1 Å². The van der Waals surface area contributed by atoms with Crippen molar-refractivity contribution in [2.24, 2.45) is 5.73 Å². The summed E-state index contributed by atoms with van der Waals surface area (Å²) in [7, 11) is 0. The highest BCUT2D eigenvalue weighted by atomic mass is 16.6. The molecule has 1 aromatic heterocycles. The van der Waals surface area contributed by atoms with Gasteiger partial charge in [-0.2, -0.15) is 0 Å². The first kappa shape index (κ1) is 11.9. The van der Waals surface area contributed by atoms with Crippen molar-refractivity contribution in [1.29, 1.82) is 0 Å². The summed E-state index contributed by atoms with van der Waals surface area (Å²) in [6.45, 7) is 0.207. The highest BCUT2D eigenvalue weighted by molar-refractivity contribution is 6.01. The molecule has 0 aliphatic carbocycles. The van der Waals surface area contributed by atoms with Gasteiger partial charge in [0, 0.05) is 19.0 Å². The Morgan fingerprint density at radius 1 is 1.44 bits per heavy atom. The fourth-order valence-corrected chi connectivity index (χ4v) is 1.45. The Bertz CT molecular complexity index is 608. The Hall–Kier alpha value is -2.55. The zero-order valence-corrected chi connectivity index (χ0v) is 9.12. The van der Waals surface area contributed by atoms with E-state index >= 15 is 0 Å². The smallest absolute Gasteiger partial charge is 0.300 e. The lowest BCUT2D eigenvalue weighted by Crippen LogP contribution is -2.16. The molecule has 9 heteroatoms. The highest BCUT2D eigenvalue weighted by Gasteiger charge is 2.20. The van der Waals surface area contributed by atoms with Gasteiger partial charge in [0.2, 0.25) is 11.4 Å². The Morgan fingerprint density at radius 2 is 2.17 bits per heavy atom. The van der Waals surface area contributed by atoms with Crippen molar-refractivity contribution < 1.29 is 14.3 Å². The van der Waals surface area contributed by atoms with Crippen molar-refractivity contribution >= 4 is 28.3 Å². The maximum atomic E-state index is 11.4. The average molecular weight is 251 g/mol. The Labute approximate surface area is 100 Å². The summed E-state index contributed by atoms with van der Waals surface area (Å²) < 4.78 is 4.46. The standard InChI is InChI=1S/C9H9N5O4/c10-4-3-7(15)11-5-1-2-6(14(16)17)9-8(5)12-18-13-9/h1-2H,3-4,10H2,(H,11,15). The van der Waals surface area contributed by atoms with E-state index in [1.165, 1.54) is 12.1 Å². The molecule has 1 amide bonds. The molecule has 18 heavy (non-hydrogen) atoms. The molecular formula is C9H9N5O4. The molecule has 0 radical (unpaired) electrons. The molecular weight excluding hydrogens is 242 g/mol. The number of nitro benzene ring substituents is 1. The molecule has 2 aromatic rings. The molecule has 0 saturated carbocycles. The lowest BCUT2D eigenvalue weighted by molar-refractivity contribution is -0.383. The molecule has 1 aromatic carbocycles. The average Bonchev–Trinajstić information content (AvgIpc) is 2.78. The summed E-state index contributed by atoms with van der Waals surface area (Å²) in [6, 6.07) is 2.60. The van der Waals surface area contributed by atoms with Gasteiger partial charge in [-0.1, -0.05) is 0 Å². The van der Waals surface area contributed by atoms with Gasteiger partial charge in [0.15, 0.2) is 5.52 Å². The van der Waals surface area contributed by atoms with E-state index in [2.05, 4.69) is 20.3 Å². The van der Waals surface area contributed by atoms with E-state index in [0.717, 1.165) is 0 Å². The zero-order valence-electron chi connectivity index (χ0n) is 9.12. The summed E-state index contributed by atoms with van der Waals surface area (Å²) in [4.78, 5) is 21.5. The number of amides is 1. The zero-order chi connectivity index (χ0) is 13.1. The molecule has 3 N–H and O–H groups in total. The SMILES string of the molecule is NCCC(=O)Nc1ccc([N+](=O)[O-])c2nonc12. The Kier molecular flexibility index (Phi) is 3.15. The summed E-state index contributed by atoms with van der Waals surface area (Å²) >= 11 is 0. The number of nitrogens with zero attached hydrogens (tertiary/aromatic N) is 3. The lowest BCUT2D eigenvalue weighted by Gasteiger charge is -2.03. The fourth-order valence-electron chi connectivity index (χ4n) is 1.45. The summed E-state index contributed by atoms with van der Waals surface area (Å²) in [5.74, 6) is -0.310. The molecule has 2 rings (SSSR count). The number of carbonyl (C=O) groups is 1. The van der Waals surface area contributed by atoms with Crippen LogP contribution in [0.5, 0.6) is 0 Å². The number of hydrogen-bond acceptors (Lipinski definition) is 7. The van der Waals surface area contributed by atoms with E-state index in [0.29, 0.717) is 5.69 Å². The largest absolute Gasteiger partial charge is 0.330 e. The van der Waals surface area contributed by atoms with E-state index in [4.69, 9.17) is 5.73 Å². The molecule has 94 valence electrons. The number of rotatable bonds is 4. The van der Waals surface area contributed by atoms with Gasteiger partial charge in [-0.25, -0.2) is 4.63 Å². The van der Waals surface area contributed by atoms with Crippen molar-refractivity contribution in [2.45, 2.75) is 6.42 Å². The summed E-state index contributed by atoms with van der Waals surface area (Å²) in [5, 5.41) is 20.3. The van der Waals surface area contributed by atoms with Crippen LogP contribution in [0.15, 0.2) is 16.8 Å². The minimum Gasteiger partial charge on any atom is -0.330 e. The van der Waals surface area contributed by atoms with Crippen molar-refractivity contribution in [2.75, 3.05) is 11.9 Å². The maximum absolute atomic E-state index is 11.4. The molecule has 0 unspecified atom stereocenters. The minimum atomic E-state index is -0.599. The maximum Gasteiger partial charge on any atom is 0.300 e. The van der Waals surface area contributed by atoms with Crippen molar-refractivity contribution in [3.8, 4) is 0 Å². The first-order valence-electron chi connectivity index (χ1n) is 5.03. The van der Waals surface area contributed by atoms with Gasteiger partial charge in [0.1, 0.15) is 0 Å². The van der Waals surface area contributed by atoms with Crippen LogP contribution in [-0.4, -0.2) is 27.7 Å². The number of benzene rings is 1. The van der Waals surface area contributed by atoms with E-state index in [1.54, 1.807) is 0 Å². The minimum absolute atomic E-state index is 0.00875. The van der Waals surface area contributed by atoms with Crippen molar-refractivity contribution in [1.82, 2.24) is 10.3 Å². The second-order valence-electron chi connectivity index (χ2n) is 3.44. The molecule has 1 heterocycles. The van der Waals surface area contributed by atoms with Gasteiger partial charge >= 0.3 is 5.69 Å². The molecule has 0 bridgehead atoms. The molecule has 9 nitrogen and oxygen atoms in total. The van der Waals surface area contributed by atoms with E-state index < -0.39 is 4.92 Å². The number of carbonyl (C=O) groups excluding carboxylic acids is 1. The van der Waals surface area contributed by atoms with Crippen LogP contribution in [0.2, 0.25) is 0 Å². The third-order valence-electron chi connectivity index (χ3n) is 2.24. The quantitative estimate of drug-likeness (QED) is 0.593. The van der Waals surface area contributed by atoms with Crippen LogP contribution in [0.25, 0.3) is 11.0 Å². The van der Waals surface area contributed by atoms with Gasteiger partial charge in [-0.05, 0) is 16.4 Å². The van der Waals surface area contributed by atoms with Crippen LogP contribution in [0.3, 0.4) is 0 Å². The molecule has 0 spiro atoms. The number of non-ortho nitro benzene ring substituents is 1. The van der Waals surface area contributed by atoms with Crippen LogP contribution in [-0.2, 0) is 4.79 Å². The third kappa shape index (κ3) is 2.11. The van der Waals surface area contributed by atoms with Gasteiger partial charge in [-0.3, -0.25) is 14.9 Å². The predicted octanol–water partition coefficient (Wildman–Crippen LogP) is 0.418. The molecule has 0 fully saturated rings. The van der Waals surface area contributed by atoms with Crippen LogP contribution in [0, 0.1) is 10.1 Å². The van der Waals surface area contributed by atoms with Gasteiger partial charge in [-0.15, -0.1) is 0 Å². The predicted molar refractivity (Wildman–Crippen MR) is 60.8 cm³/mol. The number of aromatic nitrogens is 2. The molecule has 0 aliphatic rings. The number of fused-ring (bicyclic) bond motifs is 1. The topological polar surface area (TPSA) is 137 Å². The first-order valence-corrected chi connectivity index (χ1v) is 5.03. The Balaban J connectivity index is 2.42. The van der Waals surface area contributed by atoms with E-state index in [-0.39, 0.29) is 35.6 Å². The van der Waals surface area contributed by atoms with E-state index in [1.807, 2.05) is 0 Å². The van der Waals surface area contributed by atoms with Gasteiger partial charge in [0.25, 0.3) is 0 Å². The summed E-state index contributed by atoms with van der Waals surface area (Å²) in [6.07, 6.45) is 0.143. The lowest BCUT2D eigenvalue weighted by atomic mass is 10.2. The van der Waals surface area contributed by atoms with Gasteiger partial charge in [0.05, 0.1) is 10.6 Å². The van der Waals surface area contributed by atoms with Crippen molar-refractivity contribution in [3.05, 3.63) is 22.2 Å². The molecule has 0 saturated heterocycles. The number of nitrogens with two attached hydrogens (primary N) is 1. The summed E-state index contributed by atoms with van der Waals surface area (Å²) in [5.41, 5.74) is 5.44. The second kappa shape index (κ2) is 4.75. The van der Waals surface area contributed by atoms with Crippen LogP contribution < -0.4 is 11.1 Å². The third-order valence-corrected chi connectivity index (χ3v) is 2.24. The highest BCUT2D eigenvalue weighted by Crippen LogP contribution is 2.28. The second-order valence-corrected chi connectivity index (χ2v) is 3.44. The van der Waals surface area contributed by atoms with E-state index in [9.17, 15) is 14.9 Å². The molecule has 0 aliphatic heterocycles. The monoisotopic (exact) mass is 251 g/mol. The fraction of sp³-hybridized carbons (Fsp3) is 0.222. The number of nitrogens with one attached hydrogen (secondary N) is 1. The molecule has 0 atom stereocenters. The van der Waals surface area contributed by atoms with Crippen LogP contribution in [0.4, 0.5) is 11.4 Å².